The molecule has 0 amide bonds. The van der Waals surface area contributed by atoms with Gasteiger partial charge in [0.25, 0.3) is 0 Å². The van der Waals surface area contributed by atoms with Crippen LogP contribution in [0.4, 0.5) is 5.69 Å². The largest absolute Gasteiger partial charge is 0.434 e. The van der Waals surface area contributed by atoms with E-state index in [4.69, 9.17) is 16.3 Å². The first-order valence-electron chi connectivity index (χ1n) is 5.12. The molecule has 0 aliphatic heterocycles. The molecule has 0 atom stereocenters. The lowest BCUT2D eigenvalue weighted by Gasteiger charge is -2.05. The average molecular weight is 265 g/mol. The van der Waals surface area contributed by atoms with Crippen LogP contribution in [-0.2, 0) is 0 Å². The number of nitrogens with zero attached hydrogens (tertiary/aromatic N) is 2. The van der Waals surface area contributed by atoms with E-state index in [1.165, 1.54) is 12.1 Å². The molecule has 0 spiro atoms. The van der Waals surface area contributed by atoms with Crippen molar-refractivity contribution >= 4 is 17.3 Å². The standard InChI is InChI=1S/C12H9ClN2O3/c1-8-3-2-4-9(7-8)18-12-10(15(16)17)5-6-11(13)14-12/h2-7H,1H3. The van der Waals surface area contributed by atoms with Gasteiger partial charge in [0.2, 0.25) is 0 Å². The summed E-state index contributed by atoms with van der Waals surface area (Å²) in [4.78, 5) is 14.1. The zero-order valence-electron chi connectivity index (χ0n) is 9.46. The fourth-order valence-electron chi connectivity index (χ4n) is 1.42. The van der Waals surface area contributed by atoms with Crippen molar-refractivity contribution in [3.63, 3.8) is 0 Å². The van der Waals surface area contributed by atoms with E-state index >= 15 is 0 Å². The van der Waals surface area contributed by atoms with Crippen molar-refractivity contribution in [1.29, 1.82) is 0 Å². The number of pyridine rings is 1. The van der Waals surface area contributed by atoms with Gasteiger partial charge in [-0.1, -0.05) is 23.7 Å². The molecule has 0 bridgehead atoms. The SMILES string of the molecule is Cc1cccc(Oc2nc(Cl)ccc2[N+](=O)[O-])c1. The van der Waals surface area contributed by atoms with Gasteiger partial charge >= 0.3 is 11.6 Å². The van der Waals surface area contributed by atoms with E-state index in [9.17, 15) is 10.1 Å². The second-order valence-electron chi connectivity index (χ2n) is 3.63. The maximum atomic E-state index is 10.8. The van der Waals surface area contributed by atoms with Crippen LogP contribution in [0.5, 0.6) is 11.6 Å². The van der Waals surface area contributed by atoms with Crippen molar-refractivity contribution in [1.82, 2.24) is 4.98 Å². The predicted molar refractivity (Wildman–Crippen MR) is 67.2 cm³/mol. The highest BCUT2D eigenvalue weighted by Gasteiger charge is 2.18. The van der Waals surface area contributed by atoms with E-state index in [1.807, 2.05) is 13.0 Å². The minimum Gasteiger partial charge on any atom is -0.434 e. The van der Waals surface area contributed by atoms with Gasteiger partial charge in [-0.2, -0.15) is 4.98 Å². The summed E-state index contributed by atoms with van der Waals surface area (Å²) in [6.07, 6.45) is 0. The van der Waals surface area contributed by atoms with E-state index < -0.39 is 4.92 Å². The second-order valence-corrected chi connectivity index (χ2v) is 4.02. The summed E-state index contributed by atoms with van der Waals surface area (Å²) in [6.45, 7) is 1.90. The molecule has 1 heterocycles. The Labute approximate surface area is 108 Å². The molecule has 0 unspecified atom stereocenters. The molecule has 0 fully saturated rings. The molecule has 18 heavy (non-hydrogen) atoms. The number of hydrogen-bond donors (Lipinski definition) is 0. The molecule has 0 aliphatic carbocycles. The third-order valence-corrected chi connectivity index (χ3v) is 2.42. The monoisotopic (exact) mass is 264 g/mol. The van der Waals surface area contributed by atoms with Crippen LogP contribution in [0, 0.1) is 17.0 Å². The Kier molecular flexibility index (Phi) is 3.43. The summed E-state index contributed by atoms with van der Waals surface area (Å²) in [6, 6.07) is 9.75. The van der Waals surface area contributed by atoms with Gasteiger partial charge in [-0.15, -0.1) is 0 Å². The van der Waals surface area contributed by atoms with Crippen molar-refractivity contribution in [3.05, 3.63) is 57.2 Å². The lowest BCUT2D eigenvalue weighted by Crippen LogP contribution is -1.96. The number of rotatable bonds is 3. The van der Waals surface area contributed by atoms with Crippen molar-refractivity contribution in [3.8, 4) is 11.6 Å². The molecule has 0 saturated heterocycles. The van der Waals surface area contributed by atoms with Crippen molar-refractivity contribution in [2.75, 3.05) is 0 Å². The zero-order valence-corrected chi connectivity index (χ0v) is 10.2. The van der Waals surface area contributed by atoms with E-state index in [1.54, 1.807) is 18.2 Å². The topological polar surface area (TPSA) is 65.3 Å². The third-order valence-electron chi connectivity index (χ3n) is 2.21. The van der Waals surface area contributed by atoms with E-state index in [-0.39, 0.29) is 16.7 Å². The van der Waals surface area contributed by atoms with Crippen molar-refractivity contribution in [2.24, 2.45) is 0 Å². The first-order chi connectivity index (χ1) is 8.56. The fourth-order valence-corrected chi connectivity index (χ4v) is 1.55. The first-order valence-corrected chi connectivity index (χ1v) is 5.49. The van der Waals surface area contributed by atoms with Crippen molar-refractivity contribution < 1.29 is 9.66 Å². The molecule has 5 nitrogen and oxygen atoms in total. The van der Waals surface area contributed by atoms with Gasteiger partial charge in [-0.05, 0) is 30.7 Å². The maximum Gasteiger partial charge on any atom is 0.331 e. The molecule has 0 radical (unpaired) electrons. The Hall–Kier alpha value is -2.14. The lowest BCUT2D eigenvalue weighted by molar-refractivity contribution is -0.386. The van der Waals surface area contributed by atoms with Crippen LogP contribution in [0.15, 0.2) is 36.4 Å². The minimum atomic E-state index is -0.561. The van der Waals surface area contributed by atoms with Crippen molar-refractivity contribution in [2.45, 2.75) is 6.92 Å². The second kappa shape index (κ2) is 5.01. The number of hydrogen-bond acceptors (Lipinski definition) is 4. The van der Waals surface area contributed by atoms with Crippen LogP contribution in [0.1, 0.15) is 5.56 Å². The molecule has 92 valence electrons. The van der Waals surface area contributed by atoms with Crippen LogP contribution < -0.4 is 4.74 Å². The molecule has 1 aromatic carbocycles. The Balaban J connectivity index is 2.39. The molecule has 6 heteroatoms. The van der Waals surface area contributed by atoms with E-state index in [0.29, 0.717) is 5.75 Å². The normalized spacial score (nSPS) is 10.1. The number of benzene rings is 1. The Bertz CT molecular complexity index is 602. The predicted octanol–water partition coefficient (Wildman–Crippen LogP) is 3.74. The van der Waals surface area contributed by atoms with Gasteiger partial charge in [0.1, 0.15) is 10.9 Å². The Morgan fingerprint density at radius 3 is 2.78 bits per heavy atom. The summed E-state index contributed by atoms with van der Waals surface area (Å²) < 4.78 is 5.40. The van der Waals surface area contributed by atoms with Crippen LogP contribution >= 0.6 is 11.6 Å². The van der Waals surface area contributed by atoms with Gasteiger partial charge in [-0.25, -0.2) is 0 Å². The van der Waals surface area contributed by atoms with E-state index in [2.05, 4.69) is 4.98 Å². The van der Waals surface area contributed by atoms with Gasteiger partial charge in [0, 0.05) is 6.07 Å². The number of aryl methyl sites for hydroxylation is 1. The van der Waals surface area contributed by atoms with Crippen LogP contribution in [0.2, 0.25) is 5.15 Å². The summed E-state index contributed by atoms with van der Waals surface area (Å²) >= 11 is 5.71. The molecule has 1 aromatic heterocycles. The zero-order chi connectivity index (χ0) is 13.1. The summed E-state index contributed by atoms with van der Waals surface area (Å²) in [5.41, 5.74) is 0.762. The van der Waals surface area contributed by atoms with Crippen LogP contribution in [-0.4, -0.2) is 9.91 Å². The molecule has 0 N–H and O–H groups in total. The fraction of sp³-hybridized carbons (Fsp3) is 0.0833. The van der Waals surface area contributed by atoms with Gasteiger partial charge in [0.15, 0.2) is 0 Å². The molecule has 2 rings (SSSR count). The number of ether oxygens (including phenoxy) is 1. The number of halogens is 1. The Morgan fingerprint density at radius 1 is 1.33 bits per heavy atom. The number of nitro groups is 1. The average Bonchev–Trinajstić information content (AvgIpc) is 2.28. The highest BCUT2D eigenvalue weighted by molar-refractivity contribution is 6.29. The first kappa shape index (κ1) is 12.3. The molecule has 2 aromatic rings. The summed E-state index contributed by atoms with van der Waals surface area (Å²) in [5.74, 6) is 0.367. The quantitative estimate of drug-likeness (QED) is 0.481. The molecule has 0 aliphatic rings. The highest BCUT2D eigenvalue weighted by Crippen LogP contribution is 2.30. The molecular weight excluding hydrogens is 256 g/mol. The molecule has 0 saturated carbocycles. The molecular formula is C12H9ClN2O3. The number of aromatic nitrogens is 1. The Morgan fingerprint density at radius 2 is 2.11 bits per heavy atom. The van der Waals surface area contributed by atoms with Crippen LogP contribution in [0.25, 0.3) is 0 Å². The summed E-state index contributed by atoms with van der Waals surface area (Å²) in [5, 5.41) is 11.0. The minimum absolute atomic E-state index is 0.113. The van der Waals surface area contributed by atoms with Gasteiger partial charge < -0.3 is 4.74 Å². The maximum absolute atomic E-state index is 10.8. The summed E-state index contributed by atoms with van der Waals surface area (Å²) in [7, 11) is 0. The smallest absolute Gasteiger partial charge is 0.331 e. The van der Waals surface area contributed by atoms with E-state index in [0.717, 1.165) is 5.56 Å². The van der Waals surface area contributed by atoms with Crippen LogP contribution in [0.3, 0.4) is 0 Å². The lowest BCUT2D eigenvalue weighted by atomic mass is 10.2. The van der Waals surface area contributed by atoms with Gasteiger partial charge in [-0.3, -0.25) is 10.1 Å². The highest BCUT2D eigenvalue weighted by atomic mass is 35.5. The third kappa shape index (κ3) is 2.75. The van der Waals surface area contributed by atoms with Gasteiger partial charge in [0.05, 0.1) is 4.92 Å².